The van der Waals surface area contributed by atoms with Crippen LogP contribution in [0, 0.1) is 5.41 Å². The summed E-state index contributed by atoms with van der Waals surface area (Å²) in [6.07, 6.45) is 0.927. The molecule has 2 nitrogen and oxygen atoms in total. The van der Waals surface area contributed by atoms with Crippen LogP contribution in [0.2, 0.25) is 0 Å². The van der Waals surface area contributed by atoms with Gasteiger partial charge in [0, 0.05) is 11.8 Å². The van der Waals surface area contributed by atoms with E-state index in [1.54, 1.807) is 0 Å². The standard InChI is InChI=1S/C8H15NO/c1-4-7-9-5-8(2,3)6-10-7/h4-6H2,1-3H3. The number of hydrogen-bond donors (Lipinski definition) is 0. The second kappa shape index (κ2) is 2.60. The fourth-order valence-electron chi connectivity index (χ4n) is 0.886. The number of rotatable bonds is 1. The Morgan fingerprint density at radius 1 is 1.60 bits per heavy atom. The third kappa shape index (κ3) is 1.72. The van der Waals surface area contributed by atoms with Gasteiger partial charge in [0.25, 0.3) is 0 Å². The van der Waals surface area contributed by atoms with Crippen LogP contribution in [0.1, 0.15) is 27.2 Å². The molecule has 0 aromatic heterocycles. The van der Waals surface area contributed by atoms with Crippen molar-refractivity contribution in [1.29, 1.82) is 0 Å². The highest BCUT2D eigenvalue weighted by molar-refractivity contribution is 5.76. The van der Waals surface area contributed by atoms with Crippen LogP contribution in [0.3, 0.4) is 0 Å². The summed E-state index contributed by atoms with van der Waals surface area (Å²) in [5.74, 6) is 0.916. The molecule has 58 valence electrons. The van der Waals surface area contributed by atoms with Crippen molar-refractivity contribution in [3.63, 3.8) is 0 Å². The van der Waals surface area contributed by atoms with Crippen molar-refractivity contribution in [1.82, 2.24) is 0 Å². The summed E-state index contributed by atoms with van der Waals surface area (Å²) >= 11 is 0. The Labute approximate surface area is 62.3 Å². The van der Waals surface area contributed by atoms with Gasteiger partial charge in [-0.3, -0.25) is 4.99 Å². The number of ether oxygens (including phenoxy) is 1. The van der Waals surface area contributed by atoms with E-state index in [0.717, 1.165) is 25.5 Å². The lowest BCUT2D eigenvalue weighted by atomic mass is 9.94. The van der Waals surface area contributed by atoms with Gasteiger partial charge < -0.3 is 4.74 Å². The van der Waals surface area contributed by atoms with E-state index in [-0.39, 0.29) is 5.41 Å². The topological polar surface area (TPSA) is 21.6 Å². The normalized spacial score (nSPS) is 23.3. The molecule has 0 aromatic carbocycles. The zero-order valence-corrected chi connectivity index (χ0v) is 6.98. The van der Waals surface area contributed by atoms with Crippen LogP contribution >= 0.6 is 0 Å². The van der Waals surface area contributed by atoms with Gasteiger partial charge in [0.15, 0.2) is 5.90 Å². The SMILES string of the molecule is CCC1=NCC(C)(C)CO1. The second-order valence-corrected chi connectivity index (χ2v) is 3.52. The molecular weight excluding hydrogens is 126 g/mol. The molecule has 1 heterocycles. The van der Waals surface area contributed by atoms with Crippen LogP contribution in [0.25, 0.3) is 0 Å². The molecule has 0 fully saturated rings. The van der Waals surface area contributed by atoms with Gasteiger partial charge in [0.1, 0.15) is 0 Å². The number of aliphatic imine (C=N–C) groups is 1. The van der Waals surface area contributed by atoms with E-state index in [2.05, 4.69) is 25.8 Å². The molecular formula is C8H15NO. The molecule has 0 radical (unpaired) electrons. The van der Waals surface area contributed by atoms with Gasteiger partial charge in [-0.05, 0) is 0 Å². The molecule has 0 unspecified atom stereocenters. The second-order valence-electron chi connectivity index (χ2n) is 3.52. The molecule has 0 spiro atoms. The zero-order valence-electron chi connectivity index (χ0n) is 6.98. The molecule has 0 bridgehead atoms. The average Bonchev–Trinajstić information content (AvgIpc) is 1.88. The molecule has 0 amide bonds. The Balaban J connectivity index is 2.52. The quantitative estimate of drug-likeness (QED) is 0.546. The van der Waals surface area contributed by atoms with Crippen molar-refractivity contribution in [3.8, 4) is 0 Å². The zero-order chi connectivity index (χ0) is 7.61. The monoisotopic (exact) mass is 141 g/mol. The van der Waals surface area contributed by atoms with Gasteiger partial charge in [0.2, 0.25) is 0 Å². The minimum Gasteiger partial charge on any atom is -0.480 e. The summed E-state index contributed by atoms with van der Waals surface area (Å²) in [4.78, 5) is 4.30. The summed E-state index contributed by atoms with van der Waals surface area (Å²) in [7, 11) is 0. The molecule has 0 aliphatic carbocycles. The molecule has 1 rings (SSSR count). The van der Waals surface area contributed by atoms with Crippen LogP contribution in [0.15, 0.2) is 4.99 Å². The highest BCUT2D eigenvalue weighted by Gasteiger charge is 2.22. The van der Waals surface area contributed by atoms with E-state index < -0.39 is 0 Å². The lowest BCUT2D eigenvalue weighted by Gasteiger charge is -2.27. The summed E-state index contributed by atoms with van der Waals surface area (Å²) in [5, 5.41) is 0. The Kier molecular flexibility index (Phi) is 1.97. The van der Waals surface area contributed by atoms with Crippen molar-refractivity contribution < 1.29 is 4.74 Å². The van der Waals surface area contributed by atoms with Crippen LogP contribution in [-0.4, -0.2) is 19.0 Å². The third-order valence-electron chi connectivity index (χ3n) is 1.62. The minimum atomic E-state index is 0.249. The third-order valence-corrected chi connectivity index (χ3v) is 1.62. The largest absolute Gasteiger partial charge is 0.480 e. The molecule has 0 saturated carbocycles. The van der Waals surface area contributed by atoms with Gasteiger partial charge in [-0.1, -0.05) is 20.8 Å². The van der Waals surface area contributed by atoms with Gasteiger partial charge in [-0.25, -0.2) is 0 Å². The first kappa shape index (κ1) is 7.58. The molecule has 2 heteroatoms. The predicted molar refractivity (Wildman–Crippen MR) is 42.3 cm³/mol. The van der Waals surface area contributed by atoms with E-state index in [1.807, 2.05) is 0 Å². The Morgan fingerprint density at radius 2 is 2.30 bits per heavy atom. The Hall–Kier alpha value is -0.530. The van der Waals surface area contributed by atoms with Crippen molar-refractivity contribution in [2.24, 2.45) is 10.4 Å². The maximum Gasteiger partial charge on any atom is 0.182 e. The van der Waals surface area contributed by atoms with Crippen LogP contribution in [-0.2, 0) is 4.74 Å². The van der Waals surface area contributed by atoms with Crippen LogP contribution in [0.4, 0.5) is 0 Å². The highest BCUT2D eigenvalue weighted by Crippen LogP contribution is 2.20. The molecule has 10 heavy (non-hydrogen) atoms. The molecule has 0 atom stereocenters. The van der Waals surface area contributed by atoms with Crippen molar-refractivity contribution in [3.05, 3.63) is 0 Å². The summed E-state index contributed by atoms with van der Waals surface area (Å²) in [6.45, 7) is 8.14. The van der Waals surface area contributed by atoms with Gasteiger partial charge >= 0.3 is 0 Å². The van der Waals surface area contributed by atoms with Crippen molar-refractivity contribution in [2.75, 3.05) is 13.2 Å². The van der Waals surface area contributed by atoms with Gasteiger partial charge in [-0.2, -0.15) is 0 Å². The molecule has 1 aliphatic heterocycles. The maximum atomic E-state index is 5.39. The van der Waals surface area contributed by atoms with Gasteiger partial charge in [-0.15, -0.1) is 0 Å². The minimum absolute atomic E-state index is 0.249. The molecule has 0 saturated heterocycles. The van der Waals surface area contributed by atoms with Gasteiger partial charge in [0.05, 0.1) is 13.2 Å². The predicted octanol–water partition coefficient (Wildman–Crippen LogP) is 1.85. The fraction of sp³-hybridized carbons (Fsp3) is 0.875. The lowest BCUT2D eigenvalue weighted by molar-refractivity contribution is 0.152. The first-order valence-corrected chi connectivity index (χ1v) is 3.80. The highest BCUT2D eigenvalue weighted by atomic mass is 16.5. The van der Waals surface area contributed by atoms with Crippen molar-refractivity contribution >= 4 is 5.90 Å². The Bertz CT molecular complexity index is 149. The van der Waals surface area contributed by atoms with E-state index in [4.69, 9.17) is 4.74 Å². The lowest BCUT2D eigenvalue weighted by Crippen LogP contribution is -2.30. The van der Waals surface area contributed by atoms with E-state index >= 15 is 0 Å². The molecule has 1 aliphatic rings. The van der Waals surface area contributed by atoms with Crippen LogP contribution < -0.4 is 0 Å². The molecule has 0 N–H and O–H groups in total. The first-order chi connectivity index (χ1) is 4.64. The smallest absolute Gasteiger partial charge is 0.182 e. The van der Waals surface area contributed by atoms with Crippen molar-refractivity contribution in [2.45, 2.75) is 27.2 Å². The Morgan fingerprint density at radius 3 is 2.70 bits per heavy atom. The fourth-order valence-corrected chi connectivity index (χ4v) is 0.886. The van der Waals surface area contributed by atoms with E-state index in [0.29, 0.717) is 0 Å². The molecule has 0 aromatic rings. The summed E-state index contributed by atoms with van der Waals surface area (Å²) in [5.41, 5.74) is 0.249. The van der Waals surface area contributed by atoms with Crippen LogP contribution in [0.5, 0.6) is 0 Å². The first-order valence-electron chi connectivity index (χ1n) is 3.80. The number of nitrogens with zero attached hydrogens (tertiary/aromatic N) is 1. The summed E-state index contributed by atoms with van der Waals surface area (Å²) in [6, 6.07) is 0. The van der Waals surface area contributed by atoms with E-state index in [9.17, 15) is 0 Å². The number of hydrogen-bond acceptors (Lipinski definition) is 2. The van der Waals surface area contributed by atoms with E-state index in [1.165, 1.54) is 0 Å². The summed E-state index contributed by atoms with van der Waals surface area (Å²) < 4.78 is 5.39. The maximum absolute atomic E-state index is 5.39. The average molecular weight is 141 g/mol.